The van der Waals surface area contributed by atoms with Crippen molar-refractivity contribution >= 4 is 37.5 Å². The summed E-state index contributed by atoms with van der Waals surface area (Å²) in [6, 6.07) is -0.492. The molecule has 0 aliphatic heterocycles. The monoisotopic (exact) mass is 534 g/mol. The molecule has 1 aromatic rings. The number of hydrogen-bond acceptors (Lipinski definition) is 7. The fourth-order valence-corrected chi connectivity index (χ4v) is 3.78. The van der Waals surface area contributed by atoms with Crippen molar-refractivity contribution in [2.24, 2.45) is 5.92 Å². The molecule has 36 heavy (non-hydrogen) atoms. The van der Waals surface area contributed by atoms with Crippen LogP contribution >= 0.6 is 7.75 Å². The summed E-state index contributed by atoms with van der Waals surface area (Å²) in [4.78, 5) is 68.3. The van der Waals surface area contributed by atoms with Crippen molar-refractivity contribution in [3.05, 3.63) is 35.6 Å². The van der Waals surface area contributed by atoms with E-state index in [1.54, 1.807) is 18.9 Å². The zero-order valence-electron chi connectivity index (χ0n) is 19.2. The Morgan fingerprint density at radius 1 is 0.972 bits per heavy atom. The summed E-state index contributed by atoms with van der Waals surface area (Å²) in [6.07, 6.45) is -1.21. The Bertz CT molecular complexity index is 1020. The van der Waals surface area contributed by atoms with Crippen LogP contribution in [0.4, 0.5) is 4.39 Å². The van der Waals surface area contributed by atoms with Crippen LogP contribution in [0.15, 0.2) is 24.3 Å². The molecule has 1 aromatic carbocycles. The second-order valence-corrected chi connectivity index (χ2v) is 9.43. The van der Waals surface area contributed by atoms with E-state index in [2.05, 4.69) is 15.2 Å². The Labute approximate surface area is 204 Å². The van der Waals surface area contributed by atoms with Gasteiger partial charge in [-0.05, 0) is 36.6 Å². The van der Waals surface area contributed by atoms with Crippen LogP contribution in [-0.4, -0.2) is 74.7 Å². The second kappa shape index (κ2) is 13.6. The molecule has 0 spiro atoms. The highest BCUT2D eigenvalue weighted by Gasteiger charge is 2.33. The summed E-state index contributed by atoms with van der Waals surface area (Å²) < 4.78 is 29.9. The van der Waals surface area contributed by atoms with Crippen molar-refractivity contribution in [3.63, 3.8) is 0 Å². The van der Waals surface area contributed by atoms with Gasteiger partial charge in [-0.15, -0.1) is 0 Å². The first-order chi connectivity index (χ1) is 16.6. The van der Waals surface area contributed by atoms with Crippen LogP contribution in [0.2, 0.25) is 0 Å². The molecule has 200 valence electrons. The van der Waals surface area contributed by atoms with Gasteiger partial charge < -0.3 is 30.8 Å². The molecule has 1 unspecified atom stereocenters. The number of carbonyl (C=O) groups is 5. The maximum absolute atomic E-state index is 13.1. The fraction of sp³-hybridized carbons (Fsp3) is 0.450. The molecule has 0 aromatic heterocycles. The number of halogens is 1. The number of carbonyl (C=O) groups excluding carboxylic acids is 2. The van der Waals surface area contributed by atoms with Gasteiger partial charge in [-0.3, -0.25) is 23.7 Å². The second-order valence-electron chi connectivity index (χ2n) is 7.87. The highest BCUT2D eigenvalue weighted by molar-refractivity contribution is 7.50. The number of amides is 2. The van der Waals surface area contributed by atoms with Gasteiger partial charge in [0, 0.05) is 12.0 Å². The highest BCUT2D eigenvalue weighted by Crippen LogP contribution is 2.38. The van der Waals surface area contributed by atoms with Gasteiger partial charge >= 0.3 is 25.7 Å². The molecule has 14 nitrogen and oxygen atoms in total. The van der Waals surface area contributed by atoms with Crippen molar-refractivity contribution in [1.82, 2.24) is 15.7 Å². The van der Waals surface area contributed by atoms with Gasteiger partial charge in [-0.25, -0.2) is 18.8 Å². The maximum atomic E-state index is 13.1. The Kier molecular flexibility index (Phi) is 11.6. The molecule has 0 aliphatic rings. The molecule has 2 amide bonds. The lowest BCUT2D eigenvalue weighted by Crippen LogP contribution is -2.54. The fourth-order valence-electron chi connectivity index (χ4n) is 2.72. The SMILES string of the molecule is CC(C)[C@@H](NC(=O)c1ccc([18F])cc1)C(=O)N[C@@H](COP(=O)(O)N[C@@H](CCC(=O)O)C(=O)O)C(=O)O. The molecule has 7 N–H and O–H groups in total. The molecule has 0 saturated carbocycles. The molecule has 0 bridgehead atoms. The van der Waals surface area contributed by atoms with Gasteiger partial charge in [0.05, 0.1) is 6.61 Å². The lowest BCUT2D eigenvalue weighted by molar-refractivity contribution is -0.143. The van der Waals surface area contributed by atoms with E-state index in [1.165, 1.54) is 12.1 Å². The number of nitrogens with one attached hydrogen (secondary N) is 3. The van der Waals surface area contributed by atoms with Gasteiger partial charge in [0.2, 0.25) is 5.91 Å². The van der Waals surface area contributed by atoms with Crippen LogP contribution in [0.5, 0.6) is 0 Å². The first-order valence-corrected chi connectivity index (χ1v) is 12.0. The number of aliphatic carboxylic acids is 3. The van der Waals surface area contributed by atoms with Gasteiger partial charge in [-0.1, -0.05) is 13.8 Å². The zero-order chi connectivity index (χ0) is 27.6. The van der Waals surface area contributed by atoms with Gasteiger partial charge in [-0.2, -0.15) is 0 Å². The Morgan fingerprint density at radius 2 is 1.53 bits per heavy atom. The molecule has 0 saturated heterocycles. The average molecular weight is 534 g/mol. The lowest BCUT2D eigenvalue weighted by Gasteiger charge is -2.25. The first kappa shape index (κ1) is 30.6. The minimum absolute atomic E-state index is 0.0381. The molecule has 0 fully saturated rings. The highest BCUT2D eigenvalue weighted by atomic mass is 31.2. The number of benzene rings is 1. The standard InChI is InChI=1S/C20H27FN3O11P/c1-10(2)16(23-17(27)11-3-5-12(21)6-4-11)18(28)22-14(20(31)32)9-35-36(33,34)24-13(19(29)30)7-8-15(25)26/h3-6,10,13-14,16H,7-9H2,1-2H3,(H,22,28)(H,23,27)(H,25,26)(H,29,30)(H,31,32)(H2,24,33,34)/t13-,14-,16+/m0/s1/i21-1. The minimum Gasteiger partial charge on any atom is -0.481 e. The van der Waals surface area contributed by atoms with E-state index in [0.717, 1.165) is 12.1 Å². The third-order valence-corrected chi connectivity index (χ3v) is 5.77. The predicted molar refractivity (Wildman–Crippen MR) is 119 cm³/mol. The van der Waals surface area contributed by atoms with E-state index in [9.17, 15) is 42.9 Å². The molecule has 16 heteroatoms. The largest absolute Gasteiger partial charge is 0.481 e. The van der Waals surface area contributed by atoms with Crippen LogP contribution in [0.25, 0.3) is 0 Å². The maximum Gasteiger partial charge on any atom is 0.403 e. The van der Waals surface area contributed by atoms with E-state index in [0.29, 0.717) is 0 Å². The van der Waals surface area contributed by atoms with Gasteiger partial charge in [0.1, 0.15) is 17.9 Å². The van der Waals surface area contributed by atoms with Crippen molar-refractivity contribution in [1.29, 1.82) is 0 Å². The molecule has 4 atom stereocenters. The summed E-state index contributed by atoms with van der Waals surface area (Å²) in [5, 5.41) is 33.3. The summed E-state index contributed by atoms with van der Waals surface area (Å²) in [5.41, 5.74) is 0.0381. The normalized spacial score (nSPS) is 15.2. The number of carboxylic acid groups (broad SMARTS) is 3. The molecule has 1 rings (SSSR count). The van der Waals surface area contributed by atoms with E-state index < -0.39 is 86.8 Å². The van der Waals surface area contributed by atoms with Crippen LogP contribution in [-0.2, 0) is 28.3 Å². The van der Waals surface area contributed by atoms with Crippen LogP contribution in [0.1, 0.15) is 37.0 Å². The number of carboxylic acids is 3. The Hall–Kier alpha value is -3.39. The van der Waals surface area contributed by atoms with E-state index in [4.69, 9.17) is 10.2 Å². The topological polar surface area (TPSA) is 229 Å². The molecule has 0 radical (unpaired) electrons. The van der Waals surface area contributed by atoms with Crippen molar-refractivity contribution in [3.8, 4) is 0 Å². The predicted octanol–water partition coefficient (Wildman–Crippen LogP) is 0.174. The summed E-state index contributed by atoms with van der Waals surface area (Å²) in [5.74, 6) is -7.50. The molecular formula is C20H27FN3O11P. The number of hydrogen-bond donors (Lipinski definition) is 7. The zero-order valence-corrected chi connectivity index (χ0v) is 20.1. The summed E-state index contributed by atoms with van der Waals surface area (Å²) >= 11 is 0. The van der Waals surface area contributed by atoms with Gasteiger partial charge in [0.15, 0.2) is 6.04 Å². The first-order valence-electron chi connectivity index (χ1n) is 10.4. The van der Waals surface area contributed by atoms with E-state index >= 15 is 0 Å². The van der Waals surface area contributed by atoms with Crippen LogP contribution in [0.3, 0.4) is 0 Å². The number of rotatable bonds is 15. The molecule has 0 aliphatic carbocycles. The minimum atomic E-state index is -4.95. The van der Waals surface area contributed by atoms with Gasteiger partial charge in [0.25, 0.3) is 5.91 Å². The van der Waals surface area contributed by atoms with Crippen molar-refractivity contribution < 1.29 is 57.7 Å². The summed E-state index contributed by atoms with van der Waals surface area (Å²) in [6.45, 7) is 2.02. The van der Waals surface area contributed by atoms with E-state index in [1.807, 2.05) is 0 Å². The Balaban J connectivity index is 2.85. The molecule has 0 heterocycles. The Morgan fingerprint density at radius 3 is 2.00 bits per heavy atom. The third kappa shape index (κ3) is 10.5. The van der Waals surface area contributed by atoms with E-state index in [-0.39, 0.29) is 5.56 Å². The smallest absolute Gasteiger partial charge is 0.403 e. The van der Waals surface area contributed by atoms with Crippen molar-refractivity contribution in [2.45, 2.75) is 44.8 Å². The lowest BCUT2D eigenvalue weighted by atomic mass is 10.0. The molecular weight excluding hydrogens is 507 g/mol. The summed E-state index contributed by atoms with van der Waals surface area (Å²) in [7, 11) is -4.95. The average Bonchev–Trinajstić information content (AvgIpc) is 2.77. The third-order valence-electron chi connectivity index (χ3n) is 4.64. The van der Waals surface area contributed by atoms with Crippen LogP contribution in [0, 0.1) is 11.7 Å². The quantitative estimate of drug-likeness (QED) is 0.149. The van der Waals surface area contributed by atoms with Crippen LogP contribution < -0.4 is 15.7 Å². The van der Waals surface area contributed by atoms with Crippen molar-refractivity contribution in [2.75, 3.05) is 6.61 Å².